The van der Waals surface area contributed by atoms with Crippen molar-refractivity contribution in [3.8, 4) is 22.8 Å². The standard InChI is InChI=1S/C22H26N4O3/c1-4-13-26-20(22(27)24-12-10-16-7-5-6-11-23-16)15-19(25-26)18-9-8-17(28-2)14-21(18)29-3/h5-9,11,14-15H,4,10,12-13H2,1-3H3,(H,24,27). The molecule has 0 radical (unpaired) electrons. The van der Waals surface area contributed by atoms with Gasteiger partial charge >= 0.3 is 0 Å². The number of amides is 1. The van der Waals surface area contributed by atoms with E-state index >= 15 is 0 Å². The first kappa shape index (κ1) is 20.4. The van der Waals surface area contributed by atoms with Crippen molar-refractivity contribution in [1.29, 1.82) is 0 Å². The third-order valence-corrected chi connectivity index (χ3v) is 4.53. The van der Waals surface area contributed by atoms with Gasteiger partial charge in [0.2, 0.25) is 0 Å². The summed E-state index contributed by atoms with van der Waals surface area (Å²) in [6.45, 7) is 3.22. The zero-order chi connectivity index (χ0) is 20.6. The lowest BCUT2D eigenvalue weighted by Gasteiger charge is -2.08. The first-order valence-corrected chi connectivity index (χ1v) is 9.64. The van der Waals surface area contributed by atoms with Gasteiger partial charge < -0.3 is 14.8 Å². The molecule has 1 amide bonds. The largest absolute Gasteiger partial charge is 0.497 e. The van der Waals surface area contributed by atoms with Crippen molar-refractivity contribution in [1.82, 2.24) is 20.1 Å². The average Bonchev–Trinajstić information content (AvgIpc) is 3.18. The van der Waals surface area contributed by atoms with Gasteiger partial charge in [0.15, 0.2) is 0 Å². The number of aromatic nitrogens is 3. The van der Waals surface area contributed by atoms with Crippen molar-refractivity contribution >= 4 is 5.91 Å². The van der Waals surface area contributed by atoms with Gasteiger partial charge in [0.05, 0.1) is 19.9 Å². The Morgan fingerprint density at radius 3 is 2.69 bits per heavy atom. The lowest BCUT2D eigenvalue weighted by Crippen LogP contribution is -2.28. The highest BCUT2D eigenvalue weighted by Gasteiger charge is 2.18. The first-order valence-electron chi connectivity index (χ1n) is 9.64. The minimum atomic E-state index is -0.152. The zero-order valence-corrected chi connectivity index (χ0v) is 17.0. The number of pyridine rings is 1. The van der Waals surface area contributed by atoms with Gasteiger partial charge in [-0.25, -0.2) is 0 Å². The maximum Gasteiger partial charge on any atom is 0.269 e. The Hall–Kier alpha value is -3.35. The summed E-state index contributed by atoms with van der Waals surface area (Å²) in [4.78, 5) is 17.1. The molecule has 7 heteroatoms. The van der Waals surface area contributed by atoms with Crippen LogP contribution in [-0.2, 0) is 13.0 Å². The Kier molecular flexibility index (Phi) is 6.84. The third-order valence-electron chi connectivity index (χ3n) is 4.53. The zero-order valence-electron chi connectivity index (χ0n) is 17.0. The van der Waals surface area contributed by atoms with E-state index in [2.05, 4.69) is 22.3 Å². The molecule has 2 aromatic heterocycles. The van der Waals surface area contributed by atoms with Crippen LogP contribution >= 0.6 is 0 Å². The summed E-state index contributed by atoms with van der Waals surface area (Å²) in [6.07, 6.45) is 3.30. The van der Waals surface area contributed by atoms with E-state index in [1.165, 1.54) is 0 Å². The molecule has 0 atom stereocenters. The van der Waals surface area contributed by atoms with Crippen LogP contribution in [-0.4, -0.2) is 41.4 Å². The monoisotopic (exact) mass is 394 g/mol. The van der Waals surface area contributed by atoms with Crippen molar-refractivity contribution in [3.63, 3.8) is 0 Å². The van der Waals surface area contributed by atoms with Crippen LogP contribution in [0.5, 0.6) is 11.5 Å². The molecule has 0 saturated heterocycles. The molecule has 0 spiro atoms. The molecule has 0 aliphatic carbocycles. The maximum atomic E-state index is 12.8. The predicted octanol–water partition coefficient (Wildman–Crippen LogP) is 3.34. The smallest absolute Gasteiger partial charge is 0.269 e. The van der Waals surface area contributed by atoms with Crippen molar-refractivity contribution in [2.24, 2.45) is 0 Å². The number of carbonyl (C=O) groups excluding carboxylic acids is 1. The second-order valence-electron chi connectivity index (χ2n) is 6.53. The first-order chi connectivity index (χ1) is 14.2. The molecule has 1 aromatic carbocycles. The molecule has 3 aromatic rings. The van der Waals surface area contributed by atoms with Crippen molar-refractivity contribution in [2.75, 3.05) is 20.8 Å². The van der Waals surface area contributed by atoms with Crippen LogP contribution in [0.3, 0.4) is 0 Å². The summed E-state index contributed by atoms with van der Waals surface area (Å²) in [6, 6.07) is 13.1. The molecule has 7 nitrogen and oxygen atoms in total. The lowest BCUT2D eigenvalue weighted by atomic mass is 10.1. The number of rotatable bonds is 9. The molecule has 0 fully saturated rings. The van der Waals surface area contributed by atoms with E-state index in [1.807, 2.05) is 30.3 Å². The molecular formula is C22H26N4O3. The minimum absolute atomic E-state index is 0.152. The molecule has 3 rings (SSSR count). The number of hydrogen-bond acceptors (Lipinski definition) is 5. The number of nitrogens with one attached hydrogen (secondary N) is 1. The summed E-state index contributed by atoms with van der Waals surface area (Å²) < 4.78 is 12.5. The molecule has 0 aliphatic heterocycles. The van der Waals surface area contributed by atoms with Crippen molar-refractivity contribution < 1.29 is 14.3 Å². The van der Waals surface area contributed by atoms with E-state index < -0.39 is 0 Å². The Balaban J connectivity index is 1.80. The fourth-order valence-corrected chi connectivity index (χ4v) is 3.06. The van der Waals surface area contributed by atoms with Crippen LogP contribution < -0.4 is 14.8 Å². The van der Waals surface area contributed by atoms with Gasteiger partial charge in [-0.15, -0.1) is 0 Å². The van der Waals surface area contributed by atoms with E-state index in [0.29, 0.717) is 42.4 Å². The van der Waals surface area contributed by atoms with E-state index in [9.17, 15) is 4.79 Å². The second kappa shape index (κ2) is 9.73. The molecule has 0 bridgehead atoms. The molecular weight excluding hydrogens is 368 g/mol. The Bertz CT molecular complexity index is 954. The SMILES string of the molecule is CCCn1nc(-c2ccc(OC)cc2OC)cc1C(=O)NCCc1ccccn1. The molecule has 0 saturated carbocycles. The minimum Gasteiger partial charge on any atom is -0.497 e. The topological polar surface area (TPSA) is 78.3 Å². The molecule has 152 valence electrons. The van der Waals surface area contributed by atoms with Crippen LogP contribution in [0.15, 0.2) is 48.7 Å². The average molecular weight is 394 g/mol. The Morgan fingerprint density at radius 1 is 1.14 bits per heavy atom. The van der Waals surface area contributed by atoms with Crippen molar-refractivity contribution in [3.05, 3.63) is 60.0 Å². The maximum absolute atomic E-state index is 12.8. The number of aryl methyl sites for hydroxylation is 1. The lowest BCUT2D eigenvalue weighted by molar-refractivity contribution is 0.0943. The van der Waals surface area contributed by atoms with Crippen LogP contribution in [0.1, 0.15) is 29.5 Å². The van der Waals surface area contributed by atoms with E-state index in [0.717, 1.165) is 17.7 Å². The fourth-order valence-electron chi connectivity index (χ4n) is 3.06. The number of ether oxygens (including phenoxy) is 2. The Morgan fingerprint density at radius 2 is 2.00 bits per heavy atom. The summed E-state index contributed by atoms with van der Waals surface area (Å²) in [5.41, 5.74) is 2.97. The van der Waals surface area contributed by atoms with Crippen LogP contribution in [0, 0.1) is 0 Å². The number of benzene rings is 1. The van der Waals surface area contributed by atoms with Gasteiger partial charge in [-0.2, -0.15) is 5.10 Å². The van der Waals surface area contributed by atoms with Gasteiger partial charge in [-0.1, -0.05) is 13.0 Å². The van der Waals surface area contributed by atoms with Gasteiger partial charge in [-0.05, 0) is 36.8 Å². The molecule has 0 aliphatic rings. The number of nitrogens with zero attached hydrogens (tertiary/aromatic N) is 3. The van der Waals surface area contributed by atoms with Crippen LogP contribution in [0.2, 0.25) is 0 Å². The van der Waals surface area contributed by atoms with Crippen LogP contribution in [0.25, 0.3) is 11.3 Å². The second-order valence-corrected chi connectivity index (χ2v) is 6.53. The van der Waals surface area contributed by atoms with Gasteiger partial charge in [0.1, 0.15) is 17.2 Å². The summed E-state index contributed by atoms with van der Waals surface area (Å²) in [7, 11) is 3.21. The molecule has 29 heavy (non-hydrogen) atoms. The predicted molar refractivity (Wildman–Crippen MR) is 111 cm³/mol. The quantitative estimate of drug-likeness (QED) is 0.602. The van der Waals surface area contributed by atoms with E-state index in [-0.39, 0.29) is 5.91 Å². The van der Waals surface area contributed by atoms with Gasteiger partial charge in [0, 0.05) is 43.0 Å². The number of methoxy groups -OCH3 is 2. The summed E-state index contributed by atoms with van der Waals surface area (Å²) in [5, 5.41) is 7.61. The third kappa shape index (κ3) is 4.93. The molecule has 2 heterocycles. The van der Waals surface area contributed by atoms with E-state index in [4.69, 9.17) is 9.47 Å². The Labute approximate surface area is 170 Å². The molecule has 1 N–H and O–H groups in total. The van der Waals surface area contributed by atoms with Gasteiger partial charge in [0.25, 0.3) is 5.91 Å². The number of carbonyl (C=O) groups is 1. The normalized spacial score (nSPS) is 10.6. The van der Waals surface area contributed by atoms with Crippen LogP contribution in [0.4, 0.5) is 0 Å². The van der Waals surface area contributed by atoms with Gasteiger partial charge in [-0.3, -0.25) is 14.5 Å². The highest BCUT2D eigenvalue weighted by atomic mass is 16.5. The van der Waals surface area contributed by atoms with E-state index in [1.54, 1.807) is 37.2 Å². The fraction of sp³-hybridized carbons (Fsp3) is 0.318. The molecule has 0 unspecified atom stereocenters. The van der Waals surface area contributed by atoms with Crippen molar-refractivity contribution in [2.45, 2.75) is 26.3 Å². The number of hydrogen-bond donors (Lipinski definition) is 1. The summed E-state index contributed by atoms with van der Waals surface area (Å²) >= 11 is 0. The highest BCUT2D eigenvalue weighted by Crippen LogP contribution is 2.33. The highest BCUT2D eigenvalue weighted by molar-refractivity contribution is 5.94. The summed E-state index contributed by atoms with van der Waals surface area (Å²) in [5.74, 6) is 1.19.